The van der Waals surface area contributed by atoms with Gasteiger partial charge in [0.15, 0.2) is 0 Å². The first-order valence-electron chi connectivity index (χ1n) is 16.1. The zero-order chi connectivity index (χ0) is 33.0. The van der Waals surface area contributed by atoms with Crippen LogP contribution in [0.1, 0.15) is 65.9 Å². The number of nitrogens with zero attached hydrogens (tertiary/aromatic N) is 4. The van der Waals surface area contributed by atoms with Crippen molar-refractivity contribution in [3.63, 3.8) is 0 Å². The molecular weight excluding hydrogens is 628 g/mol. The lowest BCUT2D eigenvalue weighted by Gasteiger charge is -2.50. The van der Waals surface area contributed by atoms with Crippen LogP contribution in [0.2, 0.25) is 0 Å². The van der Waals surface area contributed by atoms with E-state index in [4.69, 9.17) is 0 Å². The van der Waals surface area contributed by atoms with Gasteiger partial charge in [-0.2, -0.15) is 5.10 Å². The second kappa shape index (κ2) is 11.8. The van der Waals surface area contributed by atoms with Gasteiger partial charge in [-0.25, -0.2) is 21.9 Å². The molecule has 7 rings (SSSR count). The number of sulfonamides is 1. The number of carbonyl (C=O) groups excluding carboxylic acids is 3. The molecule has 1 spiro atoms. The van der Waals surface area contributed by atoms with Crippen molar-refractivity contribution in [2.45, 2.75) is 61.8 Å². The standard InChI is InChI=1S/C34H37F2N5O5S/c35-34(36)15-28(34)32(44)40-21-33(22-40)20-39(31(43)26-16-37-41(18-26)17-23-8-3-1-4-9-23)19-29(33)30(42)38-47(45,46)27-13-7-12-25(14-27)24-10-5-2-6-11-24/h1,3-4,7-9,12-14,16,18,24,28-29H,2,5-6,10-11,15,17,19-22H2,(H,38,42)/t28-,29?/m1/s1. The Morgan fingerprint density at radius 3 is 2.32 bits per heavy atom. The van der Waals surface area contributed by atoms with Gasteiger partial charge in [-0.15, -0.1) is 0 Å². The summed E-state index contributed by atoms with van der Waals surface area (Å²) in [6, 6.07) is 16.3. The van der Waals surface area contributed by atoms with Gasteiger partial charge in [0.1, 0.15) is 5.92 Å². The fraction of sp³-hybridized carbons (Fsp3) is 0.471. The second-order valence-corrected chi connectivity index (χ2v) is 15.3. The summed E-state index contributed by atoms with van der Waals surface area (Å²) < 4.78 is 58.3. The smallest absolute Gasteiger partial charge is 0.264 e. The van der Waals surface area contributed by atoms with E-state index in [1.165, 1.54) is 22.1 Å². The van der Waals surface area contributed by atoms with Gasteiger partial charge in [0.2, 0.25) is 11.8 Å². The van der Waals surface area contributed by atoms with Gasteiger partial charge in [0, 0.05) is 44.2 Å². The Kier molecular flexibility index (Phi) is 7.92. The summed E-state index contributed by atoms with van der Waals surface area (Å²) in [5.74, 6) is -6.98. The summed E-state index contributed by atoms with van der Waals surface area (Å²) >= 11 is 0. The third-order valence-electron chi connectivity index (χ3n) is 10.2. The van der Waals surface area contributed by atoms with E-state index in [0.717, 1.165) is 43.2 Å². The summed E-state index contributed by atoms with van der Waals surface area (Å²) in [5.41, 5.74) is 1.25. The fourth-order valence-corrected chi connectivity index (χ4v) is 8.60. The molecular formula is C34H37F2N5O5S. The Hall–Kier alpha value is -4.13. The average molecular weight is 666 g/mol. The summed E-state index contributed by atoms with van der Waals surface area (Å²) in [6.07, 6.45) is 7.86. The largest absolute Gasteiger partial charge is 0.341 e. The molecule has 2 aliphatic carbocycles. The zero-order valence-corrected chi connectivity index (χ0v) is 26.7. The molecule has 3 amide bonds. The van der Waals surface area contributed by atoms with Crippen LogP contribution >= 0.6 is 0 Å². The summed E-state index contributed by atoms with van der Waals surface area (Å²) in [5, 5.41) is 4.31. The molecule has 1 N–H and O–H groups in total. The molecule has 2 aliphatic heterocycles. The molecule has 10 nitrogen and oxygen atoms in total. The third kappa shape index (κ3) is 6.17. The highest BCUT2D eigenvalue weighted by atomic mass is 32.2. The quantitative estimate of drug-likeness (QED) is 0.388. The molecule has 47 heavy (non-hydrogen) atoms. The molecule has 0 bridgehead atoms. The number of aromatic nitrogens is 2. The predicted octanol–water partition coefficient (Wildman–Crippen LogP) is 4.04. The van der Waals surface area contributed by atoms with Crippen molar-refractivity contribution in [2.24, 2.45) is 17.3 Å². The summed E-state index contributed by atoms with van der Waals surface area (Å²) in [7, 11) is -4.25. The Morgan fingerprint density at radius 1 is 0.915 bits per heavy atom. The maximum atomic E-state index is 13.8. The van der Waals surface area contributed by atoms with Crippen molar-refractivity contribution in [1.82, 2.24) is 24.3 Å². The van der Waals surface area contributed by atoms with Crippen molar-refractivity contribution in [2.75, 3.05) is 26.2 Å². The number of benzene rings is 2. The minimum absolute atomic E-state index is 0.0129. The lowest BCUT2D eigenvalue weighted by atomic mass is 9.71. The van der Waals surface area contributed by atoms with Crippen LogP contribution in [-0.2, 0) is 26.2 Å². The molecule has 4 fully saturated rings. The van der Waals surface area contributed by atoms with Crippen molar-refractivity contribution in [3.8, 4) is 0 Å². The first kappa shape index (κ1) is 31.5. The number of halogens is 2. The van der Waals surface area contributed by atoms with E-state index in [-0.39, 0.29) is 42.9 Å². The van der Waals surface area contributed by atoms with Crippen molar-refractivity contribution < 1.29 is 31.6 Å². The van der Waals surface area contributed by atoms with Crippen LogP contribution in [0, 0.1) is 17.3 Å². The number of carbonyl (C=O) groups is 3. The molecule has 2 saturated heterocycles. The Balaban J connectivity index is 1.09. The number of hydrogen-bond acceptors (Lipinski definition) is 6. The van der Waals surface area contributed by atoms with Gasteiger partial charge in [-0.05, 0) is 42.0 Å². The minimum atomic E-state index is -4.25. The minimum Gasteiger partial charge on any atom is -0.341 e. The maximum Gasteiger partial charge on any atom is 0.264 e. The molecule has 2 saturated carbocycles. The van der Waals surface area contributed by atoms with E-state index in [1.54, 1.807) is 23.0 Å². The highest BCUT2D eigenvalue weighted by molar-refractivity contribution is 7.90. The summed E-state index contributed by atoms with van der Waals surface area (Å²) in [6.45, 7) is 0.380. The third-order valence-corrected chi connectivity index (χ3v) is 11.6. The SMILES string of the molecule is O=C(NS(=O)(=O)c1cccc(C2CCCCC2)c1)C1CN(C(=O)c2cnn(Cc3ccccc3)c2)CC12CN(C(=O)[C@H]1CC1(F)F)C2. The van der Waals surface area contributed by atoms with Gasteiger partial charge >= 0.3 is 0 Å². The van der Waals surface area contributed by atoms with Gasteiger partial charge in [0.05, 0.1) is 29.1 Å². The monoisotopic (exact) mass is 665 g/mol. The first-order chi connectivity index (χ1) is 22.4. The maximum absolute atomic E-state index is 13.8. The average Bonchev–Trinajstić information content (AvgIpc) is 3.36. The van der Waals surface area contributed by atoms with Crippen LogP contribution in [0.25, 0.3) is 0 Å². The van der Waals surface area contributed by atoms with Crippen LogP contribution in [0.15, 0.2) is 71.9 Å². The van der Waals surface area contributed by atoms with E-state index in [9.17, 15) is 31.6 Å². The Labute approximate surface area is 272 Å². The van der Waals surface area contributed by atoms with E-state index < -0.39 is 51.4 Å². The van der Waals surface area contributed by atoms with Gasteiger partial charge in [-0.3, -0.25) is 19.1 Å². The van der Waals surface area contributed by atoms with Gasteiger partial charge in [-0.1, -0.05) is 61.7 Å². The van der Waals surface area contributed by atoms with Crippen molar-refractivity contribution in [1.29, 1.82) is 0 Å². The summed E-state index contributed by atoms with van der Waals surface area (Å²) in [4.78, 5) is 43.0. The van der Waals surface area contributed by atoms with Crippen LogP contribution in [0.4, 0.5) is 8.78 Å². The Morgan fingerprint density at radius 2 is 1.62 bits per heavy atom. The number of likely N-dealkylation sites (tertiary alicyclic amines) is 2. The van der Waals surface area contributed by atoms with E-state index >= 15 is 0 Å². The predicted molar refractivity (Wildman–Crippen MR) is 167 cm³/mol. The number of alkyl halides is 2. The fourth-order valence-electron chi connectivity index (χ4n) is 7.52. The first-order valence-corrected chi connectivity index (χ1v) is 17.6. The van der Waals surface area contributed by atoms with Crippen LogP contribution in [0.5, 0.6) is 0 Å². The number of hydrogen-bond donors (Lipinski definition) is 1. The molecule has 1 unspecified atom stereocenters. The van der Waals surface area contributed by atoms with Crippen LogP contribution in [0.3, 0.4) is 0 Å². The topological polar surface area (TPSA) is 122 Å². The molecule has 1 aromatic heterocycles. The molecule has 2 atom stereocenters. The van der Waals surface area contributed by atoms with E-state index in [2.05, 4.69) is 9.82 Å². The Bertz CT molecular complexity index is 1800. The van der Waals surface area contributed by atoms with E-state index in [0.29, 0.717) is 12.1 Å². The zero-order valence-electron chi connectivity index (χ0n) is 25.9. The molecule has 3 heterocycles. The molecule has 13 heteroatoms. The highest BCUT2D eigenvalue weighted by Crippen LogP contribution is 2.52. The molecule has 248 valence electrons. The van der Waals surface area contributed by atoms with Crippen LogP contribution < -0.4 is 4.72 Å². The number of rotatable bonds is 8. The van der Waals surface area contributed by atoms with Gasteiger partial charge < -0.3 is 9.80 Å². The normalized spacial score (nSPS) is 23.4. The van der Waals surface area contributed by atoms with Crippen LogP contribution in [-0.4, -0.2) is 77.8 Å². The highest BCUT2D eigenvalue weighted by Gasteiger charge is 2.66. The molecule has 0 radical (unpaired) electrons. The van der Waals surface area contributed by atoms with Crippen molar-refractivity contribution >= 4 is 27.7 Å². The van der Waals surface area contributed by atoms with E-state index in [1.807, 2.05) is 36.4 Å². The lowest BCUT2D eigenvalue weighted by Crippen LogP contribution is -2.64. The van der Waals surface area contributed by atoms with Gasteiger partial charge in [0.25, 0.3) is 21.9 Å². The number of nitrogens with one attached hydrogen (secondary N) is 1. The van der Waals surface area contributed by atoms with Crippen molar-refractivity contribution in [3.05, 3.63) is 83.7 Å². The second-order valence-electron chi connectivity index (χ2n) is 13.6. The number of amides is 3. The molecule has 3 aromatic rings. The lowest BCUT2D eigenvalue weighted by molar-refractivity contribution is -0.152. The molecule has 2 aromatic carbocycles. The molecule has 4 aliphatic rings.